The van der Waals surface area contributed by atoms with Gasteiger partial charge < -0.3 is 9.64 Å². The Kier molecular flexibility index (Phi) is 4.52. The lowest BCUT2D eigenvalue weighted by Crippen LogP contribution is -2.21. The minimum atomic E-state index is -0.553. The third-order valence-electron chi connectivity index (χ3n) is 5.30. The normalized spacial score (nSPS) is 12.2. The highest BCUT2D eigenvalue weighted by Gasteiger charge is 2.28. The van der Waals surface area contributed by atoms with E-state index in [0.717, 1.165) is 34.5 Å². The molecule has 0 bridgehead atoms. The fraction of sp³-hybridized carbons (Fsp3) is 0.125. The zero-order valence-corrected chi connectivity index (χ0v) is 16.5. The predicted octanol–water partition coefficient (Wildman–Crippen LogP) is 4.75. The number of hydrogen-bond donors (Lipinski definition) is 0. The number of ether oxygens (including phenoxy) is 1. The molecule has 6 nitrogen and oxygen atoms in total. The van der Waals surface area contributed by atoms with E-state index in [1.807, 2.05) is 79.8 Å². The maximum Gasteiger partial charge on any atom is 0.437 e. The topological polar surface area (TPSA) is 60.2 Å². The second kappa shape index (κ2) is 7.48. The van der Waals surface area contributed by atoms with Crippen LogP contribution in [-0.4, -0.2) is 28.1 Å². The summed E-state index contributed by atoms with van der Waals surface area (Å²) in [4.78, 5) is 15.1. The average Bonchev–Trinajstić information content (AvgIpc) is 3.22. The van der Waals surface area contributed by atoms with Gasteiger partial charge in [0.05, 0.1) is 0 Å². The molecule has 0 saturated carbocycles. The highest BCUT2D eigenvalue weighted by atomic mass is 16.6. The van der Waals surface area contributed by atoms with Gasteiger partial charge in [0.2, 0.25) is 0 Å². The third kappa shape index (κ3) is 3.12. The molecule has 0 fully saturated rings. The van der Waals surface area contributed by atoms with Gasteiger partial charge in [-0.15, -0.1) is 9.78 Å². The van der Waals surface area contributed by atoms with Gasteiger partial charge in [-0.2, -0.15) is 0 Å². The zero-order chi connectivity index (χ0) is 20.5. The van der Waals surface area contributed by atoms with Crippen molar-refractivity contribution >= 4 is 11.8 Å². The van der Waals surface area contributed by atoms with E-state index in [9.17, 15) is 4.79 Å². The van der Waals surface area contributed by atoms with Crippen LogP contribution in [0.4, 0.5) is 10.5 Å². The maximum absolute atomic E-state index is 13.0. The largest absolute Gasteiger partial charge is 0.443 e. The van der Waals surface area contributed by atoms with Gasteiger partial charge in [-0.3, -0.25) is 0 Å². The molecule has 0 N–H and O–H groups in total. The van der Waals surface area contributed by atoms with E-state index in [4.69, 9.17) is 4.74 Å². The van der Waals surface area contributed by atoms with Crippen molar-refractivity contribution in [2.45, 2.75) is 13.2 Å². The van der Waals surface area contributed by atoms with Gasteiger partial charge in [-0.25, -0.2) is 4.79 Å². The fourth-order valence-corrected chi connectivity index (χ4v) is 3.85. The van der Waals surface area contributed by atoms with E-state index in [1.54, 1.807) is 0 Å². The van der Waals surface area contributed by atoms with Gasteiger partial charge in [0, 0.05) is 30.4 Å². The summed E-state index contributed by atoms with van der Waals surface area (Å²) in [6.45, 7) is 0.907. The molecule has 1 aliphatic rings. The molecule has 148 valence electrons. The molecule has 1 aromatic heterocycles. The minimum absolute atomic E-state index is 0.173. The number of carbonyl (C=O) groups is 1. The molecular formula is C24H20N4O2. The van der Waals surface area contributed by atoms with Crippen LogP contribution in [0.2, 0.25) is 0 Å². The lowest BCUT2D eigenvalue weighted by molar-refractivity contribution is 0.137. The molecule has 0 atom stereocenters. The molecule has 0 aliphatic carbocycles. The Balaban J connectivity index is 1.62. The first kappa shape index (κ1) is 18.1. The highest BCUT2D eigenvalue weighted by molar-refractivity contribution is 5.91. The number of fused-ring (bicyclic) bond motifs is 5. The summed E-state index contributed by atoms with van der Waals surface area (Å²) in [7, 11) is 2.04. The highest BCUT2D eigenvalue weighted by Crippen LogP contribution is 2.40. The van der Waals surface area contributed by atoms with Crippen molar-refractivity contribution in [2.75, 3.05) is 11.9 Å². The molecule has 30 heavy (non-hydrogen) atoms. The molecule has 0 spiro atoms. The summed E-state index contributed by atoms with van der Waals surface area (Å²) < 4.78 is 6.82. The number of aromatic nitrogens is 3. The van der Waals surface area contributed by atoms with Gasteiger partial charge in [0.25, 0.3) is 0 Å². The SMILES string of the molecule is CN1Cc2ccccc2-c2nnn(C(=O)OCc3ccccc3)c2-c2ccccc21. The first-order valence-electron chi connectivity index (χ1n) is 9.78. The Morgan fingerprint density at radius 3 is 2.47 bits per heavy atom. The molecule has 0 radical (unpaired) electrons. The Hall–Kier alpha value is -3.93. The first-order valence-corrected chi connectivity index (χ1v) is 9.78. The molecule has 6 heteroatoms. The summed E-state index contributed by atoms with van der Waals surface area (Å²) in [6, 6.07) is 25.6. The van der Waals surface area contributed by atoms with Crippen molar-refractivity contribution < 1.29 is 9.53 Å². The summed E-state index contributed by atoms with van der Waals surface area (Å²) >= 11 is 0. The summed E-state index contributed by atoms with van der Waals surface area (Å²) in [5, 5.41) is 8.58. The maximum atomic E-state index is 13.0. The summed E-state index contributed by atoms with van der Waals surface area (Å²) in [6.07, 6.45) is -0.553. The molecule has 5 rings (SSSR count). The van der Waals surface area contributed by atoms with Crippen LogP contribution in [-0.2, 0) is 17.9 Å². The van der Waals surface area contributed by atoms with Crippen molar-refractivity contribution in [1.82, 2.24) is 15.0 Å². The van der Waals surface area contributed by atoms with E-state index in [1.165, 1.54) is 4.68 Å². The van der Waals surface area contributed by atoms with E-state index >= 15 is 0 Å². The zero-order valence-electron chi connectivity index (χ0n) is 16.5. The van der Waals surface area contributed by atoms with Crippen molar-refractivity contribution in [3.63, 3.8) is 0 Å². The van der Waals surface area contributed by atoms with Crippen LogP contribution in [0.3, 0.4) is 0 Å². The predicted molar refractivity (Wildman–Crippen MR) is 115 cm³/mol. The Labute approximate surface area is 174 Å². The van der Waals surface area contributed by atoms with Crippen LogP contribution < -0.4 is 4.90 Å². The van der Waals surface area contributed by atoms with Crippen LogP contribution in [0.25, 0.3) is 22.5 Å². The van der Waals surface area contributed by atoms with E-state index < -0.39 is 6.09 Å². The van der Waals surface area contributed by atoms with Gasteiger partial charge in [-0.1, -0.05) is 78.0 Å². The van der Waals surface area contributed by atoms with Crippen molar-refractivity contribution in [2.24, 2.45) is 0 Å². The summed E-state index contributed by atoms with van der Waals surface area (Å²) in [5.41, 5.74) is 6.24. The van der Waals surface area contributed by atoms with Crippen molar-refractivity contribution in [3.8, 4) is 22.5 Å². The molecule has 2 heterocycles. The monoisotopic (exact) mass is 396 g/mol. The lowest BCUT2D eigenvalue weighted by atomic mass is 9.96. The number of nitrogens with zero attached hydrogens (tertiary/aromatic N) is 4. The van der Waals surface area contributed by atoms with Crippen LogP contribution in [0, 0.1) is 0 Å². The lowest BCUT2D eigenvalue weighted by Gasteiger charge is -2.26. The minimum Gasteiger partial charge on any atom is -0.443 e. The van der Waals surface area contributed by atoms with Crippen LogP contribution >= 0.6 is 0 Å². The number of anilines is 1. The number of hydrogen-bond acceptors (Lipinski definition) is 5. The fourth-order valence-electron chi connectivity index (χ4n) is 3.85. The summed E-state index contributed by atoms with van der Waals surface area (Å²) in [5.74, 6) is 0. The molecule has 1 aliphatic heterocycles. The van der Waals surface area contributed by atoms with E-state index in [0.29, 0.717) is 11.4 Å². The molecule has 4 aromatic rings. The number of rotatable bonds is 2. The Bertz CT molecular complexity index is 1220. The smallest absolute Gasteiger partial charge is 0.437 e. The second-order valence-electron chi connectivity index (χ2n) is 7.27. The quantitative estimate of drug-likeness (QED) is 0.489. The molecular weight excluding hydrogens is 376 g/mol. The van der Waals surface area contributed by atoms with Crippen molar-refractivity contribution in [1.29, 1.82) is 0 Å². The van der Waals surface area contributed by atoms with E-state index in [2.05, 4.69) is 21.3 Å². The van der Waals surface area contributed by atoms with Crippen LogP contribution in [0.1, 0.15) is 11.1 Å². The van der Waals surface area contributed by atoms with Gasteiger partial charge in [0.1, 0.15) is 18.0 Å². The first-order chi connectivity index (χ1) is 14.7. The van der Waals surface area contributed by atoms with Gasteiger partial charge in [0.15, 0.2) is 0 Å². The Morgan fingerprint density at radius 2 is 1.63 bits per heavy atom. The van der Waals surface area contributed by atoms with Crippen LogP contribution in [0.5, 0.6) is 0 Å². The van der Waals surface area contributed by atoms with Crippen molar-refractivity contribution in [3.05, 3.63) is 90.0 Å². The molecule has 0 unspecified atom stereocenters. The molecule has 0 saturated heterocycles. The molecule has 0 amide bonds. The van der Waals surface area contributed by atoms with Gasteiger partial charge in [-0.05, 0) is 17.2 Å². The standard InChI is InChI=1S/C24H20N4O2/c1-27-15-18-11-5-6-12-19(18)22-23(20-13-7-8-14-21(20)27)28(26-25-22)24(29)30-16-17-9-3-2-4-10-17/h2-14H,15-16H2,1H3. The van der Waals surface area contributed by atoms with E-state index in [-0.39, 0.29) is 6.61 Å². The third-order valence-corrected chi connectivity index (χ3v) is 5.30. The Morgan fingerprint density at radius 1 is 0.933 bits per heavy atom. The number of carbonyl (C=O) groups excluding carboxylic acids is 1. The average molecular weight is 396 g/mol. The van der Waals surface area contributed by atoms with Gasteiger partial charge >= 0.3 is 6.09 Å². The number of benzene rings is 3. The second-order valence-corrected chi connectivity index (χ2v) is 7.27. The number of para-hydroxylation sites is 1. The molecule has 3 aromatic carbocycles. The van der Waals surface area contributed by atoms with Crippen LogP contribution in [0.15, 0.2) is 78.9 Å².